The number of carboxylic acid groups (broad SMARTS) is 1. The van der Waals surface area contributed by atoms with Gasteiger partial charge in [0.05, 0.1) is 12.4 Å². The first-order valence-corrected chi connectivity index (χ1v) is 5.03. The number of aromatic nitrogens is 3. The molecule has 0 radical (unpaired) electrons. The van der Waals surface area contributed by atoms with E-state index in [0.29, 0.717) is 17.2 Å². The fourth-order valence-electron chi connectivity index (χ4n) is 1.65. The fraction of sp³-hybridized carbons (Fsp3) is 0. The molecule has 3 rings (SSSR count). The van der Waals surface area contributed by atoms with Gasteiger partial charge in [0.15, 0.2) is 0 Å². The van der Waals surface area contributed by atoms with Crippen molar-refractivity contribution in [2.24, 2.45) is 0 Å². The van der Waals surface area contributed by atoms with E-state index in [1.54, 1.807) is 22.6 Å². The number of nitrogens with zero attached hydrogens (tertiary/aromatic N) is 3. The maximum atomic E-state index is 10.5. The molecule has 90 valence electrons. The average molecular weight is 245 g/mol. The van der Waals surface area contributed by atoms with Crippen LogP contribution in [0.5, 0.6) is 5.88 Å². The van der Waals surface area contributed by atoms with E-state index in [2.05, 4.69) is 14.7 Å². The highest BCUT2D eigenvalue weighted by Gasteiger charge is 2.12. The van der Waals surface area contributed by atoms with E-state index in [4.69, 9.17) is 9.52 Å². The number of carbonyl (C=O) groups is 1. The van der Waals surface area contributed by atoms with Crippen molar-refractivity contribution in [1.29, 1.82) is 0 Å². The van der Waals surface area contributed by atoms with Crippen LogP contribution in [0.25, 0.3) is 17.2 Å². The fourth-order valence-corrected chi connectivity index (χ4v) is 1.65. The summed E-state index contributed by atoms with van der Waals surface area (Å²) in [6.07, 6.45) is 3.04. The summed E-state index contributed by atoms with van der Waals surface area (Å²) in [5.74, 6) is 0.418. The van der Waals surface area contributed by atoms with E-state index >= 15 is 0 Å². The Kier molecular flexibility index (Phi) is 2.23. The Morgan fingerprint density at radius 2 is 2.33 bits per heavy atom. The molecule has 7 heteroatoms. The molecule has 3 heterocycles. The van der Waals surface area contributed by atoms with Crippen LogP contribution >= 0.6 is 0 Å². The molecule has 18 heavy (non-hydrogen) atoms. The van der Waals surface area contributed by atoms with Gasteiger partial charge in [-0.2, -0.15) is 4.98 Å². The number of oxazole rings is 1. The molecule has 3 aromatic heterocycles. The number of pyridine rings is 1. The highest BCUT2D eigenvalue weighted by Crippen LogP contribution is 2.21. The Morgan fingerprint density at radius 3 is 3.06 bits per heavy atom. The Balaban J connectivity index is 2.16. The topological polar surface area (TPSA) is 89.9 Å². The second kappa shape index (κ2) is 3.88. The third-order valence-corrected chi connectivity index (χ3v) is 2.31. The van der Waals surface area contributed by atoms with E-state index in [9.17, 15) is 4.79 Å². The number of ether oxygens (including phenoxy) is 1. The van der Waals surface area contributed by atoms with Gasteiger partial charge in [0, 0.05) is 0 Å². The number of rotatable bonds is 2. The first-order valence-electron chi connectivity index (χ1n) is 5.03. The summed E-state index contributed by atoms with van der Waals surface area (Å²) in [5.41, 5.74) is 1.20. The van der Waals surface area contributed by atoms with Crippen molar-refractivity contribution in [3.63, 3.8) is 0 Å². The molecule has 0 fully saturated rings. The molecule has 7 nitrogen and oxygen atoms in total. The van der Waals surface area contributed by atoms with Gasteiger partial charge in [-0.05, 0) is 12.1 Å². The molecule has 0 atom stereocenters. The monoisotopic (exact) mass is 245 g/mol. The van der Waals surface area contributed by atoms with Gasteiger partial charge in [-0.25, -0.2) is 9.78 Å². The molecular weight excluding hydrogens is 238 g/mol. The Labute approximate surface area is 100 Å². The van der Waals surface area contributed by atoms with Gasteiger partial charge in [-0.1, -0.05) is 6.07 Å². The third kappa shape index (κ3) is 1.67. The number of imidazole rings is 1. The van der Waals surface area contributed by atoms with Crippen LogP contribution in [-0.2, 0) is 0 Å². The number of fused-ring (bicyclic) bond motifs is 1. The minimum absolute atomic E-state index is 0.00139. The van der Waals surface area contributed by atoms with Crippen molar-refractivity contribution in [1.82, 2.24) is 14.4 Å². The lowest BCUT2D eigenvalue weighted by Crippen LogP contribution is -2.02. The molecule has 0 bridgehead atoms. The molecule has 0 saturated heterocycles. The lowest BCUT2D eigenvalue weighted by molar-refractivity contribution is 0.143. The van der Waals surface area contributed by atoms with Crippen molar-refractivity contribution in [2.45, 2.75) is 0 Å². The van der Waals surface area contributed by atoms with Gasteiger partial charge in [0.25, 0.3) is 0 Å². The number of hydrogen-bond acceptors (Lipinski definition) is 5. The first kappa shape index (κ1) is 10.3. The van der Waals surface area contributed by atoms with Crippen molar-refractivity contribution < 1.29 is 19.1 Å². The zero-order valence-corrected chi connectivity index (χ0v) is 8.98. The van der Waals surface area contributed by atoms with Crippen LogP contribution in [0.4, 0.5) is 4.79 Å². The minimum Gasteiger partial charge on any atom is -0.449 e. The smallest absolute Gasteiger partial charge is 0.449 e. The molecule has 0 aliphatic heterocycles. The van der Waals surface area contributed by atoms with Crippen LogP contribution in [0, 0.1) is 0 Å². The van der Waals surface area contributed by atoms with Crippen LogP contribution in [0.2, 0.25) is 0 Å². The molecule has 3 aromatic rings. The maximum absolute atomic E-state index is 10.5. The lowest BCUT2D eigenvalue weighted by atomic mass is 10.3. The molecule has 0 unspecified atom stereocenters. The third-order valence-electron chi connectivity index (χ3n) is 2.31. The van der Waals surface area contributed by atoms with E-state index in [1.165, 1.54) is 18.7 Å². The zero-order chi connectivity index (χ0) is 12.5. The highest BCUT2D eigenvalue weighted by molar-refractivity contribution is 5.62. The number of hydrogen-bond donors (Lipinski definition) is 1. The van der Waals surface area contributed by atoms with Gasteiger partial charge >= 0.3 is 6.16 Å². The summed E-state index contributed by atoms with van der Waals surface area (Å²) < 4.78 is 11.3. The molecule has 0 spiro atoms. The molecule has 0 amide bonds. The molecule has 0 aromatic carbocycles. The average Bonchev–Trinajstić information content (AvgIpc) is 2.94. The van der Waals surface area contributed by atoms with Gasteiger partial charge in [-0.3, -0.25) is 4.40 Å². The van der Waals surface area contributed by atoms with E-state index in [1.807, 2.05) is 0 Å². The van der Waals surface area contributed by atoms with E-state index in [0.717, 1.165) is 0 Å². The van der Waals surface area contributed by atoms with E-state index in [-0.39, 0.29) is 5.88 Å². The Morgan fingerprint density at radius 1 is 1.44 bits per heavy atom. The van der Waals surface area contributed by atoms with Crippen molar-refractivity contribution in [3.8, 4) is 17.5 Å². The quantitative estimate of drug-likeness (QED) is 0.695. The second-order valence-corrected chi connectivity index (χ2v) is 3.42. The van der Waals surface area contributed by atoms with Crippen LogP contribution in [0.15, 0.2) is 41.3 Å². The Bertz CT molecular complexity index is 702. The summed E-state index contributed by atoms with van der Waals surface area (Å²) in [4.78, 5) is 18.5. The summed E-state index contributed by atoms with van der Waals surface area (Å²) in [5, 5.41) is 8.54. The largest absolute Gasteiger partial charge is 0.512 e. The maximum Gasteiger partial charge on any atom is 0.512 e. The molecule has 1 N–H and O–H groups in total. The Hall–Kier alpha value is -2.83. The van der Waals surface area contributed by atoms with Crippen LogP contribution in [0.3, 0.4) is 0 Å². The predicted octanol–water partition coefficient (Wildman–Crippen LogP) is 2.05. The van der Waals surface area contributed by atoms with Crippen molar-refractivity contribution >= 4 is 11.8 Å². The summed E-state index contributed by atoms with van der Waals surface area (Å²) in [6, 6.07) is 5.28. The highest BCUT2D eigenvalue weighted by atomic mass is 16.7. The summed E-state index contributed by atoms with van der Waals surface area (Å²) in [6.45, 7) is 0. The van der Waals surface area contributed by atoms with Crippen molar-refractivity contribution in [3.05, 3.63) is 36.9 Å². The summed E-state index contributed by atoms with van der Waals surface area (Å²) in [7, 11) is 0. The molecule has 0 aliphatic carbocycles. The van der Waals surface area contributed by atoms with Crippen LogP contribution < -0.4 is 4.74 Å². The van der Waals surface area contributed by atoms with E-state index < -0.39 is 6.16 Å². The van der Waals surface area contributed by atoms with Crippen LogP contribution in [-0.4, -0.2) is 25.6 Å². The molecule has 0 aliphatic rings. The zero-order valence-electron chi connectivity index (χ0n) is 8.98. The van der Waals surface area contributed by atoms with Crippen molar-refractivity contribution in [2.75, 3.05) is 0 Å². The SMILES string of the molecule is O=C(O)Oc1cn2c(-c3ncco3)cccc2n1. The van der Waals surface area contributed by atoms with Gasteiger partial charge in [0.1, 0.15) is 17.6 Å². The minimum atomic E-state index is -1.41. The van der Waals surface area contributed by atoms with Gasteiger partial charge in [0.2, 0.25) is 11.8 Å². The van der Waals surface area contributed by atoms with Crippen LogP contribution in [0.1, 0.15) is 0 Å². The van der Waals surface area contributed by atoms with Gasteiger partial charge < -0.3 is 14.3 Å². The normalized spacial score (nSPS) is 10.7. The molecular formula is C11H7N3O4. The predicted molar refractivity (Wildman–Crippen MR) is 59.3 cm³/mol. The second-order valence-electron chi connectivity index (χ2n) is 3.42. The first-order chi connectivity index (χ1) is 8.74. The molecule has 0 saturated carbocycles. The van der Waals surface area contributed by atoms with Gasteiger partial charge in [-0.15, -0.1) is 0 Å². The standard InChI is InChI=1S/C11H7N3O4/c15-11(16)18-9-6-14-7(10-12-4-5-17-10)2-1-3-8(14)13-9/h1-6H,(H,15,16). The summed E-state index contributed by atoms with van der Waals surface area (Å²) >= 11 is 0. The lowest BCUT2D eigenvalue weighted by Gasteiger charge is -1.99.